The van der Waals surface area contributed by atoms with E-state index in [4.69, 9.17) is 0 Å². The number of rotatable bonds is 1. The first-order chi connectivity index (χ1) is 8.24. The van der Waals surface area contributed by atoms with Crippen LogP contribution in [0.2, 0.25) is 0 Å². The van der Waals surface area contributed by atoms with Crippen LogP contribution in [0.1, 0.15) is 5.69 Å². The van der Waals surface area contributed by atoms with Gasteiger partial charge in [0.2, 0.25) is 0 Å². The molecule has 17 heavy (non-hydrogen) atoms. The van der Waals surface area contributed by atoms with E-state index in [0.29, 0.717) is 0 Å². The second-order valence-corrected chi connectivity index (χ2v) is 4.08. The van der Waals surface area contributed by atoms with Crippen LogP contribution in [0.15, 0.2) is 42.7 Å². The lowest BCUT2D eigenvalue weighted by Gasteiger charge is -1.99. The Kier molecular flexibility index (Phi) is 2.18. The number of aromatic nitrogens is 2. The molecule has 0 spiro atoms. The lowest BCUT2D eigenvalue weighted by molar-refractivity contribution is 0.630. The minimum Gasteiger partial charge on any atom is -0.361 e. The van der Waals surface area contributed by atoms with Gasteiger partial charge in [0.05, 0.1) is 0 Å². The van der Waals surface area contributed by atoms with Crippen LogP contribution in [0.4, 0.5) is 4.39 Å². The van der Waals surface area contributed by atoms with Crippen LogP contribution in [-0.2, 0) is 0 Å². The van der Waals surface area contributed by atoms with Gasteiger partial charge in [0.25, 0.3) is 0 Å². The SMILES string of the molecule is Cc1ccc(-c2c[nH]c3ccc(F)cc23)cn1. The van der Waals surface area contributed by atoms with E-state index in [9.17, 15) is 4.39 Å². The first kappa shape index (κ1) is 10.0. The highest BCUT2D eigenvalue weighted by Gasteiger charge is 2.07. The van der Waals surface area contributed by atoms with Crippen molar-refractivity contribution in [2.75, 3.05) is 0 Å². The Morgan fingerprint density at radius 2 is 2.06 bits per heavy atom. The average Bonchev–Trinajstić information content (AvgIpc) is 2.73. The summed E-state index contributed by atoms with van der Waals surface area (Å²) in [6.45, 7) is 1.94. The summed E-state index contributed by atoms with van der Waals surface area (Å²) in [7, 11) is 0. The van der Waals surface area contributed by atoms with Gasteiger partial charge in [-0.1, -0.05) is 6.07 Å². The molecule has 0 aliphatic heterocycles. The second kappa shape index (κ2) is 3.70. The smallest absolute Gasteiger partial charge is 0.123 e. The largest absolute Gasteiger partial charge is 0.361 e. The highest BCUT2D eigenvalue weighted by atomic mass is 19.1. The number of nitrogens with one attached hydrogen (secondary N) is 1. The van der Waals surface area contributed by atoms with Gasteiger partial charge in [-0.25, -0.2) is 4.39 Å². The predicted molar refractivity (Wildman–Crippen MR) is 66.2 cm³/mol. The Morgan fingerprint density at radius 3 is 2.82 bits per heavy atom. The molecular formula is C14H11FN2. The highest BCUT2D eigenvalue weighted by Crippen LogP contribution is 2.28. The third-order valence-corrected chi connectivity index (χ3v) is 2.87. The number of aryl methyl sites for hydroxylation is 1. The number of benzene rings is 1. The summed E-state index contributed by atoms with van der Waals surface area (Å²) in [4.78, 5) is 7.39. The maximum Gasteiger partial charge on any atom is 0.123 e. The standard InChI is InChI=1S/C14H11FN2/c1-9-2-3-10(7-16-9)13-8-17-14-5-4-11(15)6-12(13)14/h2-8,17H,1H3. The summed E-state index contributed by atoms with van der Waals surface area (Å²) in [5, 5.41) is 0.885. The van der Waals surface area contributed by atoms with E-state index in [1.165, 1.54) is 6.07 Å². The monoisotopic (exact) mass is 226 g/mol. The van der Waals surface area contributed by atoms with Crippen LogP contribution < -0.4 is 0 Å². The van der Waals surface area contributed by atoms with Gasteiger partial charge in [-0.05, 0) is 31.2 Å². The van der Waals surface area contributed by atoms with Crippen LogP contribution in [0.5, 0.6) is 0 Å². The van der Waals surface area contributed by atoms with Gasteiger partial charge in [0.15, 0.2) is 0 Å². The zero-order valence-corrected chi connectivity index (χ0v) is 9.37. The molecule has 0 bridgehead atoms. The van der Waals surface area contributed by atoms with Crippen molar-refractivity contribution < 1.29 is 4.39 Å². The summed E-state index contributed by atoms with van der Waals surface area (Å²) in [5.74, 6) is -0.224. The van der Waals surface area contributed by atoms with E-state index < -0.39 is 0 Å². The number of H-pyrrole nitrogens is 1. The molecule has 0 aliphatic rings. The molecule has 3 heteroatoms. The van der Waals surface area contributed by atoms with Crippen molar-refractivity contribution in [1.82, 2.24) is 9.97 Å². The fourth-order valence-electron chi connectivity index (χ4n) is 1.96. The number of fused-ring (bicyclic) bond motifs is 1. The molecule has 2 aromatic heterocycles. The molecule has 0 fully saturated rings. The van der Waals surface area contributed by atoms with Gasteiger partial charge < -0.3 is 4.98 Å². The molecule has 1 N–H and O–H groups in total. The molecule has 0 atom stereocenters. The third-order valence-electron chi connectivity index (χ3n) is 2.87. The van der Waals surface area contributed by atoms with Crippen LogP contribution in [-0.4, -0.2) is 9.97 Å². The highest BCUT2D eigenvalue weighted by molar-refractivity contribution is 5.95. The first-order valence-electron chi connectivity index (χ1n) is 5.44. The Labute approximate surface area is 98.1 Å². The number of halogens is 1. The van der Waals surface area contributed by atoms with E-state index >= 15 is 0 Å². The molecule has 0 amide bonds. The molecule has 0 radical (unpaired) electrons. The molecule has 84 valence electrons. The maximum absolute atomic E-state index is 13.2. The predicted octanol–water partition coefficient (Wildman–Crippen LogP) is 3.68. The molecule has 0 aliphatic carbocycles. The molecule has 2 heterocycles. The summed E-state index contributed by atoms with van der Waals surface area (Å²) < 4.78 is 13.2. The number of hydrogen-bond donors (Lipinski definition) is 1. The molecule has 1 aromatic carbocycles. The summed E-state index contributed by atoms with van der Waals surface area (Å²) in [6, 6.07) is 8.69. The third kappa shape index (κ3) is 1.69. The Balaban J connectivity index is 2.23. The molecule has 3 aromatic rings. The van der Waals surface area contributed by atoms with Crippen LogP contribution in [0.3, 0.4) is 0 Å². The number of pyridine rings is 1. The Bertz CT molecular complexity index is 668. The van der Waals surface area contributed by atoms with Crippen molar-refractivity contribution >= 4 is 10.9 Å². The maximum atomic E-state index is 13.2. The van der Waals surface area contributed by atoms with Gasteiger partial charge in [0, 0.05) is 40.1 Å². The van der Waals surface area contributed by atoms with Crippen molar-refractivity contribution in [2.45, 2.75) is 6.92 Å². The van der Waals surface area contributed by atoms with Crippen molar-refractivity contribution in [1.29, 1.82) is 0 Å². The van der Waals surface area contributed by atoms with Gasteiger partial charge in [-0.2, -0.15) is 0 Å². The van der Waals surface area contributed by atoms with Crippen LogP contribution in [0.25, 0.3) is 22.0 Å². The molecule has 0 saturated carbocycles. The summed E-state index contributed by atoms with van der Waals surface area (Å²) in [6.07, 6.45) is 3.69. The van der Waals surface area contributed by atoms with Gasteiger partial charge in [-0.15, -0.1) is 0 Å². The van der Waals surface area contributed by atoms with Crippen LogP contribution >= 0.6 is 0 Å². The topological polar surface area (TPSA) is 28.7 Å². The number of aromatic amines is 1. The van der Waals surface area contributed by atoms with Crippen LogP contribution in [0, 0.1) is 12.7 Å². The molecule has 2 nitrogen and oxygen atoms in total. The normalized spacial score (nSPS) is 10.9. The molecule has 3 rings (SSSR count). The van der Waals surface area contributed by atoms with E-state index in [-0.39, 0.29) is 5.82 Å². The zero-order valence-electron chi connectivity index (χ0n) is 9.37. The van der Waals surface area contributed by atoms with E-state index in [0.717, 1.165) is 27.7 Å². The minimum absolute atomic E-state index is 0.224. The fourth-order valence-corrected chi connectivity index (χ4v) is 1.96. The van der Waals surface area contributed by atoms with E-state index in [2.05, 4.69) is 9.97 Å². The quantitative estimate of drug-likeness (QED) is 0.673. The molecular weight excluding hydrogens is 215 g/mol. The zero-order chi connectivity index (χ0) is 11.8. The summed E-state index contributed by atoms with van der Waals surface area (Å²) >= 11 is 0. The van der Waals surface area contributed by atoms with Crippen molar-refractivity contribution in [3.8, 4) is 11.1 Å². The number of hydrogen-bond acceptors (Lipinski definition) is 1. The van der Waals surface area contributed by atoms with Crippen molar-refractivity contribution in [2.24, 2.45) is 0 Å². The van der Waals surface area contributed by atoms with Crippen molar-refractivity contribution in [3.05, 3.63) is 54.2 Å². The fraction of sp³-hybridized carbons (Fsp3) is 0.0714. The minimum atomic E-state index is -0.224. The average molecular weight is 226 g/mol. The van der Waals surface area contributed by atoms with E-state index in [1.807, 2.05) is 31.5 Å². The van der Waals surface area contributed by atoms with Crippen molar-refractivity contribution in [3.63, 3.8) is 0 Å². The molecule has 0 unspecified atom stereocenters. The second-order valence-electron chi connectivity index (χ2n) is 4.08. The summed E-state index contributed by atoms with van der Waals surface area (Å²) in [5.41, 5.74) is 3.88. The Hall–Kier alpha value is -2.16. The van der Waals surface area contributed by atoms with Gasteiger partial charge in [-0.3, -0.25) is 4.98 Å². The van der Waals surface area contributed by atoms with E-state index in [1.54, 1.807) is 12.1 Å². The number of nitrogens with zero attached hydrogens (tertiary/aromatic N) is 1. The van der Waals surface area contributed by atoms with Gasteiger partial charge >= 0.3 is 0 Å². The van der Waals surface area contributed by atoms with Gasteiger partial charge in [0.1, 0.15) is 5.82 Å². The first-order valence-corrected chi connectivity index (χ1v) is 5.44. The lowest BCUT2D eigenvalue weighted by Crippen LogP contribution is -1.82. The molecule has 0 saturated heterocycles. The lowest BCUT2D eigenvalue weighted by atomic mass is 10.1. The Morgan fingerprint density at radius 1 is 1.18 bits per heavy atom.